The van der Waals surface area contributed by atoms with Gasteiger partial charge >= 0.3 is 0 Å². The normalized spacial score (nSPS) is 13.2. The fourth-order valence-corrected chi connectivity index (χ4v) is 2.43. The van der Waals surface area contributed by atoms with Gasteiger partial charge in [0.25, 0.3) is 0 Å². The summed E-state index contributed by atoms with van der Waals surface area (Å²) in [4.78, 5) is 1.34. The van der Waals surface area contributed by atoms with E-state index in [1.165, 1.54) is 9.35 Å². The summed E-state index contributed by atoms with van der Waals surface area (Å²) in [6.07, 6.45) is 1.03. The molecule has 13 heavy (non-hydrogen) atoms. The van der Waals surface area contributed by atoms with Crippen molar-refractivity contribution < 1.29 is 0 Å². The maximum Gasteiger partial charge on any atom is 0.0327 e. The first-order valence-electron chi connectivity index (χ1n) is 4.42. The first-order chi connectivity index (χ1) is 6.24. The number of thiophene rings is 1. The fraction of sp³-hybridized carbons (Fsp3) is 0.556. The van der Waals surface area contributed by atoms with Crippen LogP contribution < -0.4 is 11.1 Å². The van der Waals surface area contributed by atoms with E-state index in [1.54, 1.807) is 11.3 Å². The summed E-state index contributed by atoms with van der Waals surface area (Å²) in [6, 6.07) is 2.35. The highest BCUT2D eigenvalue weighted by atomic mass is 79.9. The van der Waals surface area contributed by atoms with E-state index in [1.807, 2.05) is 0 Å². The van der Waals surface area contributed by atoms with Gasteiger partial charge in [0.2, 0.25) is 0 Å². The Bertz CT molecular complexity index is 250. The molecule has 4 heteroatoms. The van der Waals surface area contributed by atoms with Crippen molar-refractivity contribution >= 4 is 27.3 Å². The molecule has 0 radical (unpaired) electrons. The zero-order valence-electron chi connectivity index (χ0n) is 7.72. The zero-order chi connectivity index (χ0) is 9.68. The molecule has 74 valence electrons. The first-order valence-corrected chi connectivity index (χ1v) is 6.09. The van der Waals surface area contributed by atoms with Gasteiger partial charge in [-0.2, -0.15) is 0 Å². The fourth-order valence-electron chi connectivity index (χ4n) is 0.967. The van der Waals surface area contributed by atoms with Crippen LogP contribution in [-0.4, -0.2) is 12.6 Å². The lowest BCUT2D eigenvalue weighted by Crippen LogP contribution is -2.32. The van der Waals surface area contributed by atoms with Gasteiger partial charge in [-0.05, 0) is 33.8 Å². The largest absolute Gasteiger partial charge is 0.327 e. The van der Waals surface area contributed by atoms with Gasteiger partial charge in [0.15, 0.2) is 0 Å². The predicted octanol–water partition coefficient (Wildman–Crippen LogP) is 2.34. The Morgan fingerprint density at radius 1 is 1.69 bits per heavy atom. The molecule has 1 aromatic heterocycles. The van der Waals surface area contributed by atoms with Crippen LogP contribution in [0.3, 0.4) is 0 Å². The van der Waals surface area contributed by atoms with Crippen molar-refractivity contribution in [1.29, 1.82) is 0 Å². The highest BCUT2D eigenvalue weighted by molar-refractivity contribution is 9.10. The SMILES string of the molecule is CCC(N)CNCc1sccc1Br. The third-order valence-corrected chi connectivity index (χ3v) is 3.83. The van der Waals surface area contributed by atoms with Crippen molar-refractivity contribution in [3.63, 3.8) is 0 Å². The lowest BCUT2D eigenvalue weighted by molar-refractivity contribution is 0.565. The van der Waals surface area contributed by atoms with Gasteiger partial charge in [0.05, 0.1) is 0 Å². The van der Waals surface area contributed by atoms with Gasteiger partial charge in [-0.25, -0.2) is 0 Å². The quantitative estimate of drug-likeness (QED) is 0.855. The lowest BCUT2D eigenvalue weighted by atomic mass is 10.2. The Morgan fingerprint density at radius 2 is 2.46 bits per heavy atom. The molecule has 0 aromatic carbocycles. The smallest absolute Gasteiger partial charge is 0.0327 e. The van der Waals surface area contributed by atoms with E-state index in [4.69, 9.17) is 5.73 Å². The van der Waals surface area contributed by atoms with Gasteiger partial charge in [0, 0.05) is 28.5 Å². The van der Waals surface area contributed by atoms with Gasteiger partial charge in [0.1, 0.15) is 0 Å². The second-order valence-corrected chi connectivity index (χ2v) is 4.85. The van der Waals surface area contributed by atoms with E-state index < -0.39 is 0 Å². The van der Waals surface area contributed by atoms with Crippen LogP contribution in [0.5, 0.6) is 0 Å². The Balaban J connectivity index is 2.24. The Labute approximate surface area is 91.7 Å². The molecule has 3 N–H and O–H groups in total. The monoisotopic (exact) mass is 262 g/mol. The number of nitrogens with one attached hydrogen (secondary N) is 1. The van der Waals surface area contributed by atoms with Crippen LogP contribution in [-0.2, 0) is 6.54 Å². The van der Waals surface area contributed by atoms with Crippen molar-refractivity contribution in [2.45, 2.75) is 25.9 Å². The zero-order valence-corrected chi connectivity index (χ0v) is 10.1. The summed E-state index contributed by atoms with van der Waals surface area (Å²) in [6.45, 7) is 3.90. The Hall–Kier alpha value is 0.100. The van der Waals surface area contributed by atoms with Crippen molar-refractivity contribution in [2.75, 3.05) is 6.54 Å². The van der Waals surface area contributed by atoms with Gasteiger partial charge in [-0.1, -0.05) is 6.92 Å². The second-order valence-electron chi connectivity index (χ2n) is 2.99. The molecule has 0 spiro atoms. The van der Waals surface area contributed by atoms with Gasteiger partial charge in [-0.15, -0.1) is 11.3 Å². The molecule has 1 atom stereocenters. The van der Waals surface area contributed by atoms with Crippen LogP contribution in [0.15, 0.2) is 15.9 Å². The molecule has 0 fully saturated rings. The number of hydrogen-bond acceptors (Lipinski definition) is 3. The molecule has 0 saturated heterocycles. The van der Waals surface area contributed by atoms with Crippen LogP contribution in [0.2, 0.25) is 0 Å². The van der Waals surface area contributed by atoms with Crippen LogP contribution >= 0.6 is 27.3 Å². The second kappa shape index (κ2) is 5.75. The van der Waals surface area contributed by atoms with E-state index in [0.29, 0.717) is 0 Å². The Kier molecular flexibility index (Phi) is 4.94. The Morgan fingerprint density at radius 3 is 3.00 bits per heavy atom. The first kappa shape index (κ1) is 11.2. The molecule has 1 unspecified atom stereocenters. The van der Waals surface area contributed by atoms with Crippen molar-refractivity contribution in [3.05, 3.63) is 20.8 Å². The molecule has 1 rings (SSSR count). The average Bonchev–Trinajstić information content (AvgIpc) is 2.52. The summed E-state index contributed by atoms with van der Waals surface area (Å²) in [5.74, 6) is 0. The molecule has 0 aliphatic heterocycles. The predicted molar refractivity (Wildman–Crippen MR) is 62.0 cm³/mol. The molecular weight excluding hydrogens is 248 g/mol. The highest BCUT2D eigenvalue weighted by Gasteiger charge is 2.02. The summed E-state index contributed by atoms with van der Waals surface area (Å²) in [7, 11) is 0. The van der Waals surface area contributed by atoms with Gasteiger partial charge < -0.3 is 11.1 Å². The van der Waals surface area contributed by atoms with E-state index in [9.17, 15) is 0 Å². The van der Waals surface area contributed by atoms with E-state index in [2.05, 4.69) is 39.6 Å². The maximum atomic E-state index is 5.78. The summed E-state index contributed by atoms with van der Waals surface area (Å²) < 4.78 is 1.19. The van der Waals surface area contributed by atoms with E-state index in [-0.39, 0.29) is 6.04 Å². The minimum absolute atomic E-state index is 0.277. The van der Waals surface area contributed by atoms with Gasteiger partial charge in [-0.3, -0.25) is 0 Å². The van der Waals surface area contributed by atoms with Crippen molar-refractivity contribution in [2.24, 2.45) is 5.73 Å². The standard InChI is InChI=1S/C9H15BrN2S/c1-2-7(11)5-12-6-9-8(10)3-4-13-9/h3-4,7,12H,2,5-6,11H2,1H3. The third-order valence-electron chi connectivity index (χ3n) is 1.91. The van der Waals surface area contributed by atoms with Crippen molar-refractivity contribution in [1.82, 2.24) is 5.32 Å². The molecule has 1 aromatic rings. The van der Waals surface area contributed by atoms with E-state index in [0.717, 1.165) is 19.5 Å². The molecule has 0 amide bonds. The lowest BCUT2D eigenvalue weighted by Gasteiger charge is -2.09. The number of halogens is 1. The van der Waals surface area contributed by atoms with Crippen LogP contribution in [0.25, 0.3) is 0 Å². The van der Waals surface area contributed by atoms with E-state index >= 15 is 0 Å². The summed E-state index contributed by atoms with van der Waals surface area (Å²) in [5.41, 5.74) is 5.78. The molecule has 0 saturated carbocycles. The minimum Gasteiger partial charge on any atom is -0.327 e. The number of hydrogen-bond donors (Lipinski definition) is 2. The van der Waals surface area contributed by atoms with Crippen molar-refractivity contribution in [3.8, 4) is 0 Å². The van der Waals surface area contributed by atoms with Crippen LogP contribution in [0, 0.1) is 0 Å². The summed E-state index contributed by atoms with van der Waals surface area (Å²) >= 11 is 5.25. The third kappa shape index (κ3) is 3.77. The maximum absolute atomic E-state index is 5.78. The van der Waals surface area contributed by atoms with Crippen LogP contribution in [0.4, 0.5) is 0 Å². The average molecular weight is 263 g/mol. The minimum atomic E-state index is 0.277. The molecule has 2 nitrogen and oxygen atoms in total. The molecule has 0 aliphatic carbocycles. The topological polar surface area (TPSA) is 38.0 Å². The highest BCUT2D eigenvalue weighted by Crippen LogP contribution is 2.21. The molecule has 0 bridgehead atoms. The molecular formula is C9H15BrN2S. The molecule has 1 heterocycles. The van der Waals surface area contributed by atoms with Crippen LogP contribution in [0.1, 0.15) is 18.2 Å². The number of nitrogens with two attached hydrogens (primary N) is 1. The summed E-state index contributed by atoms with van der Waals surface area (Å²) in [5, 5.41) is 5.42. The molecule has 0 aliphatic rings. The number of rotatable bonds is 5.